The average molecular weight is 451 g/mol. The first kappa shape index (κ1) is 21.8. The van der Waals surface area contributed by atoms with Gasteiger partial charge in [-0.2, -0.15) is 0 Å². The number of hydrogen-bond acceptors (Lipinski definition) is 3. The number of nitrogens with one attached hydrogen (secondary N) is 1. The van der Waals surface area contributed by atoms with Crippen LogP contribution in [0.3, 0.4) is 0 Å². The molecule has 29 heavy (non-hydrogen) atoms. The Labute approximate surface area is 186 Å². The van der Waals surface area contributed by atoms with Crippen molar-refractivity contribution in [3.63, 3.8) is 0 Å². The Hall–Kier alpha value is -1.91. The lowest BCUT2D eigenvalue weighted by Crippen LogP contribution is -2.13. The molecule has 0 bridgehead atoms. The molecule has 152 valence electrons. The number of benzene rings is 3. The molecule has 0 amide bonds. The summed E-state index contributed by atoms with van der Waals surface area (Å²) in [7, 11) is 0. The molecule has 6 heteroatoms. The third-order valence-corrected chi connectivity index (χ3v) is 5.17. The number of hydrogen-bond donors (Lipinski definition) is 1. The number of ether oxygens (including phenoxy) is 2. The first-order chi connectivity index (χ1) is 14.1. The third-order valence-electron chi connectivity index (χ3n) is 4.27. The van der Waals surface area contributed by atoms with E-state index >= 15 is 0 Å². The Morgan fingerprint density at radius 3 is 2.28 bits per heavy atom. The molecule has 1 N–H and O–H groups in total. The van der Waals surface area contributed by atoms with Gasteiger partial charge in [0, 0.05) is 23.1 Å². The van der Waals surface area contributed by atoms with Crippen molar-refractivity contribution in [2.45, 2.75) is 26.6 Å². The molecule has 0 radical (unpaired) electrons. The quantitative estimate of drug-likeness (QED) is 0.384. The van der Waals surface area contributed by atoms with Gasteiger partial charge in [0.2, 0.25) is 0 Å². The molecule has 0 aromatic heterocycles. The minimum absolute atomic E-state index is 0.376. The Morgan fingerprint density at radius 2 is 1.55 bits per heavy atom. The maximum atomic E-state index is 6.51. The van der Waals surface area contributed by atoms with Crippen molar-refractivity contribution >= 4 is 34.8 Å². The van der Waals surface area contributed by atoms with Gasteiger partial charge in [0.25, 0.3) is 0 Å². The highest BCUT2D eigenvalue weighted by Crippen LogP contribution is 2.37. The van der Waals surface area contributed by atoms with Crippen LogP contribution in [0, 0.1) is 0 Å². The van der Waals surface area contributed by atoms with Crippen molar-refractivity contribution < 1.29 is 9.47 Å². The molecule has 3 rings (SSSR count). The van der Waals surface area contributed by atoms with E-state index in [9.17, 15) is 0 Å². The second-order valence-corrected chi connectivity index (χ2v) is 7.70. The largest absolute Gasteiger partial charge is 0.490 e. The van der Waals surface area contributed by atoms with E-state index in [2.05, 4.69) is 5.32 Å². The van der Waals surface area contributed by atoms with E-state index in [-0.39, 0.29) is 0 Å². The zero-order valence-corrected chi connectivity index (χ0v) is 18.3. The lowest BCUT2D eigenvalue weighted by atomic mass is 10.1. The summed E-state index contributed by atoms with van der Waals surface area (Å²) in [4.78, 5) is 0. The summed E-state index contributed by atoms with van der Waals surface area (Å²) >= 11 is 18.6. The summed E-state index contributed by atoms with van der Waals surface area (Å²) in [6.07, 6.45) is 0. The van der Waals surface area contributed by atoms with Crippen LogP contribution >= 0.6 is 34.8 Å². The van der Waals surface area contributed by atoms with Crippen LogP contribution in [0.2, 0.25) is 15.1 Å². The number of halogens is 3. The molecule has 0 unspecified atom stereocenters. The molecule has 0 atom stereocenters. The van der Waals surface area contributed by atoms with Gasteiger partial charge in [0.1, 0.15) is 6.61 Å². The molecule has 0 aliphatic rings. The van der Waals surface area contributed by atoms with Crippen LogP contribution < -0.4 is 14.8 Å². The lowest BCUT2D eigenvalue weighted by molar-refractivity contribution is 0.269. The predicted molar refractivity (Wildman–Crippen MR) is 120 cm³/mol. The van der Waals surface area contributed by atoms with Crippen molar-refractivity contribution in [1.29, 1.82) is 0 Å². The first-order valence-corrected chi connectivity index (χ1v) is 10.5. The monoisotopic (exact) mass is 449 g/mol. The second kappa shape index (κ2) is 10.7. The standard InChI is InChI=1S/C23H22Cl3NO2/c1-2-28-22-12-17(13-27-14-18-5-3-4-6-20(18)25)11-21(26)23(22)29-15-16-7-9-19(24)10-8-16/h3-12,27H,2,13-15H2,1H3. The van der Waals surface area contributed by atoms with Crippen molar-refractivity contribution in [2.75, 3.05) is 6.61 Å². The fourth-order valence-corrected chi connectivity index (χ4v) is 3.46. The minimum atomic E-state index is 0.376. The highest BCUT2D eigenvalue weighted by Gasteiger charge is 2.13. The topological polar surface area (TPSA) is 30.5 Å². The Balaban J connectivity index is 1.68. The first-order valence-electron chi connectivity index (χ1n) is 9.33. The highest BCUT2D eigenvalue weighted by atomic mass is 35.5. The molecule has 0 aliphatic heterocycles. The van der Waals surface area contributed by atoms with Gasteiger partial charge in [-0.05, 0) is 53.9 Å². The molecule has 0 aliphatic carbocycles. The Bertz CT molecular complexity index is 945. The molecule has 0 heterocycles. The summed E-state index contributed by atoms with van der Waals surface area (Å²) in [6, 6.07) is 19.1. The maximum absolute atomic E-state index is 6.51. The molecular formula is C23H22Cl3NO2. The zero-order chi connectivity index (χ0) is 20.6. The normalized spacial score (nSPS) is 10.8. The molecule has 3 aromatic carbocycles. The molecule has 0 fully saturated rings. The molecule has 0 saturated carbocycles. The van der Waals surface area contributed by atoms with Crippen LogP contribution in [0.5, 0.6) is 11.5 Å². The van der Waals surface area contributed by atoms with E-state index in [1.165, 1.54) is 0 Å². The summed E-state index contributed by atoms with van der Waals surface area (Å²) in [5.74, 6) is 1.17. The molecule has 0 saturated heterocycles. The van der Waals surface area contributed by atoms with Gasteiger partial charge in [-0.25, -0.2) is 0 Å². The summed E-state index contributed by atoms with van der Waals surface area (Å²) in [6.45, 7) is 4.11. The van der Waals surface area contributed by atoms with Gasteiger partial charge < -0.3 is 14.8 Å². The molecule has 3 nitrogen and oxygen atoms in total. The molecule has 3 aromatic rings. The predicted octanol–water partition coefficient (Wildman–Crippen LogP) is 6.91. The van der Waals surface area contributed by atoms with Crippen LogP contribution in [0.15, 0.2) is 60.7 Å². The van der Waals surface area contributed by atoms with Gasteiger partial charge in [0.15, 0.2) is 11.5 Å². The van der Waals surface area contributed by atoms with E-state index in [0.717, 1.165) is 21.7 Å². The van der Waals surface area contributed by atoms with E-state index in [1.807, 2.05) is 67.6 Å². The Kier molecular flexibility index (Phi) is 8.08. The van der Waals surface area contributed by atoms with Crippen molar-refractivity contribution in [3.05, 3.63) is 92.4 Å². The third kappa shape index (κ3) is 6.28. The van der Waals surface area contributed by atoms with Crippen molar-refractivity contribution in [2.24, 2.45) is 0 Å². The fraction of sp³-hybridized carbons (Fsp3) is 0.217. The van der Waals surface area contributed by atoms with Crippen LogP contribution in [0.25, 0.3) is 0 Å². The molecule has 0 spiro atoms. The maximum Gasteiger partial charge on any atom is 0.180 e. The zero-order valence-electron chi connectivity index (χ0n) is 16.1. The summed E-state index contributed by atoms with van der Waals surface area (Å²) in [5, 5.41) is 5.34. The van der Waals surface area contributed by atoms with E-state index in [1.54, 1.807) is 0 Å². The van der Waals surface area contributed by atoms with E-state index in [4.69, 9.17) is 44.3 Å². The van der Waals surface area contributed by atoms with Gasteiger partial charge >= 0.3 is 0 Å². The average Bonchev–Trinajstić information content (AvgIpc) is 2.70. The van der Waals surface area contributed by atoms with E-state index < -0.39 is 0 Å². The van der Waals surface area contributed by atoms with Gasteiger partial charge in [-0.1, -0.05) is 65.1 Å². The minimum Gasteiger partial charge on any atom is -0.490 e. The summed E-state index contributed by atoms with van der Waals surface area (Å²) in [5.41, 5.74) is 3.05. The smallest absolute Gasteiger partial charge is 0.180 e. The van der Waals surface area contributed by atoms with Crippen molar-refractivity contribution in [1.82, 2.24) is 5.32 Å². The Morgan fingerprint density at radius 1 is 0.793 bits per heavy atom. The van der Waals surface area contributed by atoms with E-state index in [0.29, 0.717) is 47.8 Å². The number of rotatable bonds is 9. The van der Waals surface area contributed by atoms with Crippen LogP contribution in [0.4, 0.5) is 0 Å². The second-order valence-electron chi connectivity index (χ2n) is 6.45. The van der Waals surface area contributed by atoms with Gasteiger partial charge in [-0.3, -0.25) is 0 Å². The van der Waals surface area contributed by atoms with Gasteiger partial charge in [-0.15, -0.1) is 0 Å². The molecular weight excluding hydrogens is 429 g/mol. The van der Waals surface area contributed by atoms with Gasteiger partial charge in [0.05, 0.1) is 11.6 Å². The fourth-order valence-electron chi connectivity index (χ4n) is 2.85. The van der Waals surface area contributed by atoms with Crippen LogP contribution in [-0.2, 0) is 19.7 Å². The van der Waals surface area contributed by atoms with Crippen LogP contribution in [-0.4, -0.2) is 6.61 Å². The van der Waals surface area contributed by atoms with Crippen LogP contribution in [0.1, 0.15) is 23.6 Å². The lowest BCUT2D eigenvalue weighted by Gasteiger charge is -2.16. The highest BCUT2D eigenvalue weighted by molar-refractivity contribution is 6.32. The summed E-state index contributed by atoms with van der Waals surface area (Å²) < 4.78 is 11.7. The van der Waals surface area contributed by atoms with Crippen molar-refractivity contribution in [3.8, 4) is 11.5 Å². The SMILES string of the molecule is CCOc1cc(CNCc2ccccc2Cl)cc(Cl)c1OCc1ccc(Cl)cc1.